The van der Waals surface area contributed by atoms with Crippen molar-refractivity contribution >= 4 is 16.5 Å². The van der Waals surface area contributed by atoms with Crippen LogP contribution in [0.15, 0.2) is 23.1 Å². The van der Waals surface area contributed by atoms with E-state index in [-0.39, 0.29) is 0 Å². The lowest BCUT2D eigenvalue weighted by Gasteiger charge is -2.07. The predicted octanol–water partition coefficient (Wildman–Crippen LogP) is 1.35. The van der Waals surface area contributed by atoms with Crippen molar-refractivity contribution in [3.05, 3.63) is 23.8 Å². The van der Waals surface area contributed by atoms with Crippen molar-refractivity contribution in [3.8, 4) is 0 Å². The lowest BCUT2D eigenvalue weighted by molar-refractivity contribution is 0.0787. The van der Waals surface area contributed by atoms with Gasteiger partial charge >= 0.3 is 0 Å². The summed E-state index contributed by atoms with van der Waals surface area (Å²) in [6.07, 6.45) is 0. The summed E-state index contributed by atoms with van der Waals surface area (Å²) in [4.78, 5) is 0.792. The Morgan fingerprint density at radius 2 is 2.06 bits per heavy atom. The average molecular weight is 257 g/mol. The zero-order valence-electron chi connectivity index (χ0n) is 10.3. The van der Waals surface area contributed by atoms with Crippen molar-refractivity contribution < 1.29 is 13.7 Å². The topological polar surface area (TPSA) is 61.5 Å². The quantitative estimate of drug-likeness (QED) is 0.591. The lowest BCUT2D eigenvalue weighted by Crippen LogP contribution is -2.10. The molecule has 1 atom stereocenters. The van der Waals surface area contributed by atoms with E-state index < -0.39 is 10.8 Å². The third-order valence-electron chi connectivity index (χ3n) is 2.30. The number of anilines is 1. The summed E-state index contributed by atoms with van der Waals surface area (Å²) >= 11 is 0. The van der Waals surface area contributed by atoms with Crippen molar-refractivity contribution in [3.63, 3.8) is 0 Å². The van der Waals surface area contributed by atoms with Crippen LogP contribution in [-0.4, -0.2) is 36.9 Å². The molecule has 0 saturated carbocycles. The molecule has 0 heterocycles. The minimum atomic E-state index is -1.06. The van der Waals surface area contributed by atoms with Crippen LogP contribution in [0.25, 0.3) is 0 Å². The van der Waals surface area contributed by atoms with Gasteiger partial charge in [0, 0.05) is 17.7 Å². The van der Waals surface area contributed by atoms with Gasteiger partial charge in [-0.25, -0.2) is 0 Å². The first-order valence-corrected chi connectivity index (χ1v) is 6.78. The second-order valence-electron chi connectivity index (χ2n) is 3.68. The largest absolute Gasteiger partial charge is 0.399 e. The molecule has 0 fully saturated rings. The third-order valence-corrected chi connectivity index (χ3v) is 3.77. The zero-order valence-corrected chi connectivity index (χ0v) is 11.1. The second kappa shape index (κ2) is 7.42. The Bertz CT molecular complexity index is 382. The minimum absolute atomic E-state index is 0.463. The Kier molecular flexibility index (Phi) is 6.18. The first-order chi connectivity index (χ1) is 8.15. The fraction of sp³-hybridized carbons (Fsp3) is 0.500. The maximum atomic E-state index is 12.0. The van der Waals surface area contributed by atoms with Crippen LogP contribution in [-0.2, 0) is 20.3 Å². The molecule has 0 spiro atoms. The first kappa shape index (κ1) is 14.2. The highest BCUT2D eigenvalue weighted by Gasteiger charge is 2.07. The Balaban J connectivity index is 2.44. The second-order valence-corrected chi connectivity index (χ2v) is 5.22. The summed E-state index contributed by atoms with van der Waals surface area (Å²) in [5, 5.41) is 0. The van der Waals surface area contributed by atoms with Gasteiger partial charge in [-0.15, -0.1) is 0 Å². The molecule has 1 rings (SSSR count). The van der Waals surface area contributed by atoms with Crippen molar-refractivity contribution in [2.45, 2.75) is 11.8 Å². The molecule has 17 heavy (non-hydrogen) atoms. The van der Waals surface area contributed by atoms with E-state index in [2.05, 4.69) is 0 Å². The highest BCUT2D eigenvalue weighted by molar-refractivity contribution is 7.85. The number of ether oxygens (including phenoxy) is 2. The van der Waals surface area contributed by atoms with E-state index in [4.69, 9.17) is 15.2 Å². The molecule has 96 valence electrons. The molecule has 5 heteroatoms. The number of rotatable bonds is 7. The minimum Gasteiger partial charge on any atom is -0.399 e. The molecule has 0 aromatic heterocycles. The summed E-state index contributed by atoms with van der Waals surface area (Å²) < 4.78 is 22.1. The summed E-state index contributed by atoms with van der Waals surface area (Å²) in [6.45, 7) is 3.48. The average Bonchev–Trinajstić information content (AvgIpc) is 2.32. The molecule has 2 N–H and O–H groups in total. The maximum Gasteiger partial charge on any atom is 0.0700 e. The van der Waals surface area contributed by atoms with Gasteiger partial charge in [0.05, 0.1) is 36.4 Å². The van der Waals surface area contributed by atoms with E-state index in [0.717, 1.165) is 10.5 Å². The van der Waals surface area contributed by atoms with Crippen LogP contribution in [0, 0.1) is 6.92 Å². The Labute approximate surface area is 105 Å². The van der Waals surface area contributed by atoms with Gasteiger partial charge in [0.15, 0.2) is 0 Å². The number of methoxy groups -OCH3 is 1. The van der Waals surface area contributed by atoms with Crippen LogP contribution in [0.5, 0.6) is 0 Å². The molecule has 0 aliphatic heterocycles. The van der Waals surface area contributed by atoms with Crippen LogP contribution in [0.3, 0.4) is 0 Å². The SMILES string of the molecule is COCCOCCS(=O)c1cc(N)ccc1C. The number of hydrogen-bond donors (Lipinski definition) is 1. The van der Waals surface area contributed by atoms with Gasteiger partial charge in [-0.05, 0) is 24.6 Å². The van der Waals surface area contributed by atoms with Crippen LogP contribution in [0.1, 0.15) is 5.56 Å². The van der Waals surface area contributed by atoms with Crippen LogP contribution in [0.2, 0.25) is 0 Å². The van der Waals surface area contributed by atoms with Gasteiger partial charge in [0.25, 0.3) is 0 Å². The number of hydrogen-bond acceptors (Lipinski definition) is 4. The van der Waals surface area contributed by atoms with E-state index in [0.29, 0.717) is 31.3 Å². The summed E-state index contributed by atoms with van der Waals surface area (Å²) in [5.41, 5.74) is 7.31. The van der Waals surface area contributed by atoms with Gasteiger partial charge in [-0.1, -0.05) is 6.07 Å². The molecular weight excluding hydrogens is 238 g/mol. The van der Waals surface area contributed by atoms with Gasteiger partial charge < -0.3 is 15.2 Å². The third kappa shape index (κ3) is 4.85. The number of nitrogens with two attached hydrogens (primary N) is 1. The highest BCUT2D eigenvalue weighted by atomic mass is 32.2. The van der Waals surface area contributed by atoms with E-state index in [9.17, 15) is 4.21 Å². The molecule has 1 unspecified atom stereocenters. The standard InChI is InChI=1S/C12H19NO3S/c1-10-3-4-11(13)9-12(10)17(14)8-7-16-6-5-15-2/h3-4,9H,5-8,13H2,1-2H3. The number of benzene rings is 1. The van der Waals surface area contributed by atoms with Crippen molar-refractivity contribution in [2.75, 3.05) is 38.4 Å². The van der Waals surface area contributed by atoms with E-state index >= 15 is 0 Å². The number of aryl methyl sites for hydroxylation is 1. The zero-order chi connectivity index (χ0) is 12.7. The fourth-order valence-corrected chi connectivity index (χ4v) is 2.53. The predicted molar refractivity (Wildman–Crippen MR) is 69.6 cm³/mol. The fourth-order valence-electron chi connectivity index (χ4n) is 1.35. The van der Waals surface area contributed by atoms with Crippen LogP contribution < -0.4 is 5.73 Å². The van der Waals surface area contributed by atoms with Crippen LogP contribution in [0.4, 0.5) is 5.69 Å². The van der Waals surface area contributed by atoms with E-state index in [1.807, 2.05) is 19.1 Å². The monoisotopic (exact) mass is 257 g/mol. The van der Waals surface area contributed by atoms with Crippen molar-refractivity contribution in [1.29, 1.82) is 0 Å². The molecule has 0 aliphatic carbocycles. The van der Waals surface area contributed by atoms with Crippen molar-refractivity contribution in [2.24, 2.45) is 0 Å². The molecule has 0 aliphatic rings. The van der Waals surface area contributed by atoms with E-state index in [1.54, 1.807) is 13.2 Å². The molecular formula is C12H19NO3S. The Morgan fingerprint density at radius 1 is 1.29 bits per heavy atom. The van der Waals surface area contributed by atoms with E-state index in [1.165, 1.54) is 0 Å². The smallest absolute Gasteiger partial charge is 0.0700 e. The lowest BCUT2D eigenvalue weighted by atomic mass is 10.2. The summed E-state index contributed by atoms with van der Waals surface area (Å²) in [6, 6.07) is 5.46. The van der Waals surface area contributed by atoms with Crippen molar-refractivity contribution in [1.82, 2.24) is 0 Å². The summed E-state index contributed by atoms with van der Waals surface area (Å²) in [7, 11) is 0.566. The molecule has 0 amide bonds. The number of nitrogen functional groups attached to an aromatic ring is 1. The molecule has 0 saturated heterocycles. The van der Waals surface area contributed by atoms with Gasteiger partial charge in [-0.2, -0.15) is 0 Å². The molecule has 1 aromatic carbocycles. The van der Waals surface area contributed by atoms with Gasteiger partial charge in [0.2, 0.25) is 0 Å². The molecule has 0 bridgehead atoms. The Hall–Kier alpha value is -0.910. The van der Waals surface area contributed by atoms with Gasteiger partial charge in [0.1, 0.15) is 0 Å². The van der Waals surface area contributed by atoms with Crippen LogP contribution >= 0.6 is 0 Å². The van der Waals surface area contributed by atoms with Gasteiger partial charge in [-0.3, -0.25) is 4.21 Å². The maximum absolute atomic E-state index is 12.0. The molecule has 0 radical (unpaired) electrons. The first-order valence-electron chi connectivity index (χ1n) is 5.46. The highest BCUT2D eigenvalue weighted by Crippen LogP contribution is 2.16. The summed E-state index contributed by atoms with van der Waals surface area (Å²) in [5.74, 6) is 0.480. The molecule has 1 aromatic rings. The Morgan fingerprint density at radius 3 is 2.76 bits per heavy atom. The molecule has 4 nitrogen and oxygen atoms in total. The normalized spacial score (nSPS) is 12.6.